The van der Waals surface area contributed by atoms with Crippen molar-refractivity contribution < 1.29 is 4.79 Å². The topological polar surface area (TPSA) is 49.6 Å². The quantitative estimate of drug-likeness (QED) is 0.762. The van der Waals surface area contributed by atoms with Gasteiger partial charge < -0.3 is 15.5 Å². The molecule has 1 atom stereocenters. The van der Waals surface area contributed by atoms with Crippen LogP contribution in [0.5, 0.6) is 0 Å². The molecular weight excluding hydrogens is 202 g/mol. The van der Waals surface area contributed by atoms with E-state index in [4.69, 9.17) is 5.73 Å². The van der Waals surface area contributed by atoms with E-state index < -0.39 is 0 Å². The van der Waals surface area contributed by atoms with Crippen LogP contribution in [0.4, 0.5) is 0 Å². The van der Waals surface area contributed by atoms with Crippen LogP contribution in [0.2, 0.25) is 0 Å². The lowest BCUT2D eigenvalue weighted by atomic mass is 9.97. The Balaban J connectivity index is 2.41. The molecule has 1 fully saturated rings. The minimum absolute atomic E-state index is 0.0944. The number of carbonyl (C=O) groups excluding carboxylic acids is 1. The first-order valence-electron chi connectivity index (χ1n) is 6.22. The van der Waals surface area contributed by atoms with Crippen molar-refractivity contribution in [1.82, 2.24) is 9.80 Å². The average molecular weight is 227 g/mol. The largest absolute Gasteiger partial charge is 0.341 e. The fourth-order valence-corrected chi connectivity index (χ4v) is 2.19. The summed E-state index contributed by atoms with van der Waals surface area (Å²) in [6.45, 7) is 7.39. The van der Waals surface area contributed by atoms with Gasteiger partial charge in [-0.1, -0.05) is 0 Å². The van der Waals surface area contributed by atoms with Gasteiger partial charge in [0, 0.05) is 25.7 Å². The van der Waals surface area contributed by atoms with Gasteiger partial charge in [0.15, 0.2) is 0 Å². The van der Waals surface area contributed by atoms with Crippen LogP contribution in [0.1, 0.15) is 26.7 Å². The molecule has 0 aromatic rings. The molecule has 1 aliphatic rings. The normalized spacial score (nSPS) is 21.9. The molecule has 2 N–H and O–H groups in total. The lowest BCUT2D eigenvalue weighted by Gasteiger charge is -2.35. The number of nitrogens with zero attached hydrogens (tertiary/aromatic N) is 2. The van der Waals surface area contributed by atoms with Gasteiger partial charge in [0.05, 0.1) is 6.54 Å². The van der Waals surface area contributed by atoms with E-state index >= 15 is 0 Å². The Hall–Kier alpha value is -0.610. The van der Waals surface area contributed by atoms with Crippen LogP contribution in [0, 0.1) is 5.92 Å². The van der Waals surface area contributed by atoms with Crippen molar-refractivity contribution in [2.24, 2.45) is 11.7 Å². The minimum Gasteiger partial charge on any atom is -0.341 e. The number of hydrogen-bond donors (Lipinski definition) is 1. The number of rotatable bonds is 4. The zero-order valence-corrected chi connectivity index (χ0v) is 10.8. The summed E-state index contributed by atoms with van der Waals surface area (Å²) in [5, 5.41) is 0. The Bertz CT molecular complexity index is 230. The van der Waals surface area contributed by atoms with E-state index in [0.29, 0.717) is 12.0 Å². The highest BCUT2D eigenvalue weighted by atomic mass is 16.2. The van der Waals surface area contributed by atoms with Crippen LogP contribution in [0.3, 0.4) is 0 Å². The van der Waals surface area contributed by atoms with Gasteiger partial charge in [0.2, 0.25) is 5.91 Å². The SMILES string of the molecule is CC(C)N(C)C[C@@H]1CCCN(C(=O)CN)C1. The van der Waals surface area contributed by atoms with Crippen LogP contribution in [0.25, 0.3) is 0 Å². The predicted octanol–water partition coefficient (Wildman–Crippen LogP) is 0.524. The maximum atomic E-state index is 11.5. The first kappa shape index (κ1) is 13.5. The molecule has 0 bridgehead atoms. The first-order valence-corrected chi connectivity index (χ1v) is 6.22. The summed E-state index contributed by atoms with van der Waals surface area (Å²) in [6.07, 6.45) is 2.34. The van der Waals surface area contributed by atoms with Gasteiger partial charge in [-0.3, -0.25) is 4.79 Å². The van der Waals surface area contributed by atoms with E-state index in [1.165, 1.54) is 6.42 Å². The monoisotopic (exact) mass is 227 g/mol. The van der Waals surface area contributed by atoms with Crippen molar-refractivity contribution in [3.63, 3.8) is 0 Å². The number of nitrogens with two attached hydrogens (primary N) is 1. The third kappa shape index (κ3) is 3.76. The van der Waals surface area contributed by atoms with Gasteiger partial charge in [-0.2, -0.15) is 0 Å². The maximum Gasteiger partial charge on any atom is 0.236 e. The Labute approximate surface area is 98.8 Å². The molecular formula is C12H25N3O. The molecule has 94 valence electrons. The number of amides is 1. The summed E-state index contributed by atoms with van der Waals surface area (Å²) in [6, 6.07) is 0.570. The molecule has 1 aliphatic heterocycles. The zero-order chi connectivity index (χ0) is 12.1. The molecule has 1 amide bonds. The minimum atomic E-state index is 0.0944. The average Bonchev–Trinajstić information content (AvgIpc) is 2.28. The fraction of sp³-hybridized carbons (Fsp3) is 0.917. The van der Waals surface area contributed by atoms with E-state index in [2.05, 4.69) is 25.8 Å². The van der Waals surface area contributed by atoms with Gasteiger partial charge in [-0.05, 0) is 39.7 Å². The van der Waals surface area contributed by atoms with Crippen molar-refractivity contribution in [3.05, 3.63) is 0 Å². The second kappa shape index (κ2) is 6.21. The highest BCUT2D eigenvalue weighted by molar-refractivity contribution is 5.78. The van der Waals surface area contributed by atoms with E-state index in [0.717, 1.165) is 26.1 Å². The van der Waals surface area contributed by atoms with Crippen molar-refractivity contribution in [1.29, 1.82) is 0 Å². The molecule has 0 aliphatic carbocycles. The Morgan fingerprint density at radius 2 is 2.25 bits per heavy atom. The van der Waals surface area contributed by atoms with Crippen molar-refractivity contribution in [2.75, 3.05) is 33.2 Å². The third-order valence-corrected chi connectivity index (χ3v) is 3.47. The zero-order valence-electron chi connectivity index (χ0n) is 10.8. The molecule has 4 heteroatoms. The maximum absolute atomic E-state index is 11.5. The van der Waals surface area contributed by atoms with Crippen molar-refractivity contribution in [2.45, 2.75) is 32.7 Å². The number of likely N-dealkylation sites (tertiary alicyclic amines) is 1. The summed E-state index contributed by atoms with van der Waals surface area (Å²) in [5.41, 5.74) is 5.40. The lowest BCUT2D eigenvalue weighted by Crippen LogP contribution is -2.46. The molecule has 0 spiro atoms. The van der Waals surface area contributed by atoms with Gasteiger partial charge in [0.25, 0.3) is 0 Å². The summed E-state index contributed by atoms with van der Waals surface area (Å²) >= 11 is 0. The van der Waals surface area contributed by atoms with Crippen molar-refractivity contribution in [3.8, 4) is 0 Å². The fourth-order valence-electron chi connectivity index (χ4n) is 2.19. The number of hydrogen-bond acceptors (Lipinski definition) is 3. The molecule has 1 saturated heterocycles. The molecule has 16 heavy (non-hydrogen) atoms. The lowest BCUT2D eigenvalue weighted by molar-refractivity contribution is -0.131. The Morgan fingerprint density at radius 3 is 2.81 bits per heavy atom. The summed E-state index contributed by atoms with van der Waals surface area (Å²) < 4.78 is 0. The van der Waals surface area contributed by atoms with Gasteiger partial charge in [0.1, 0.15) is 0 Å². The van der Waals surface area contributed by atoms with Crippen LogP contribution < -0.4 is 5.73 Å². The van der Waals surface area contributed by atoms with Crippen LogP contribution in [-0.2, 0) is 4.79 Å². The van der Waals surface area contributed by atoms with Gasteiger partial charge >= 0.3 is 0 Å². The van der Waals surface area contributed by atoms with Crippen LogP contribution in [0.15, 0.2) is 0 Å². The van der Waals surface area contributed by atoms with E-state index in [9.17, 15) is 4.79 Å². The van der Waals surface area contributed by atoms with E-state index in [-0.39, 0.29) is 12.5 Å². The van der Waals surface area contributed by atoms with Gasteiger partial charge in [-0.25, -0.2) is 0 Å². The molecule has 1 rings (SSSR count). The highest BCUT2D eigenvalue weighted by Gasteiger charge is 2.23. The molecule has 0 unspecified atom stereocenters. The summed E-state index contributed by atoms with van der Waals surface area (Å²) in [7, 11) is 2.15. The van der Waals surface area contributed by atoms with Crippen molar-refractivity contribution >= 4 is 5.91 Å². The second-order valence-electron chi connectivity index (χ2n) is 5.09. The molecule has 0 aromatic carbocycles. The van der Waals surface area contributed by atoms with E-state index in [1.54, 1.807) is 0 Å². The van der Waals surface area contributed by atoms with E-state index in [1.807, 2.05) is 4.90 Å². The third-order valence-electron chi connectivity index (χ3n) is 3.47. The highest BCUT2D eigenvalue weighted by Crippen LogP contribution is 2.17. The Kier molecular flexibility index (Phi) is 5.22. The molecule has 1 heterocycles. The standard InChI is InChI=1S/C12H25N3O/c1-10(2)14(3)8-11-5-4-6-15(9-11)12(16)7-13/h10-11H,4-9,13H2,1-3H3/t11-/m0/s1. The number of piperidine rings is 1. The molecule has 0 aromatic heterocycles. The van der Waals surface area contributed by atoms with Gasteiger partial charge in [-0.15, -0.1) is 0 Å². The first-order chi connectivity index (χ1) is 7.54. The summed E-state index contributed by atoms with van der Waals surface area (Å²) in [5.74, 6) is 0.702. The Morgan fingerprint density at radius 1 is 1.56 bits per heavy atom. The molecule has 4 nitrogen and oxygen atoms in total. The van der Waals surface area contributed by atoms with Crippen LogP contribution in [-0.4, -0.2) is 55.0 Å². The molecule has 0 radical (unpaired) electrons. The number of carbonyl (C=O) groups is 1. The molecule has 0 saturated carbocycles. The second-order valence-corrected chi connectivity index (χ2v) is 5.09. The summed E-state index contributed by atoms with van der Waals surface area (Å²) in [4.78, 5) is 15.8. The smallest absolute Gasteiger partial charge is 0.236 e. The predicted molar refractivity (Wildman–Crippen MR) is 66.1 cm³/mol. The van der Waals surface area contributed by atoms with Crippen LogP contribution >= 0.6 is 0 Å².